The largest absolute Gasteiger partial charge is 0.444 e. The molecule has 2 N–H and O–H groups in total. The first-order chi connectivity index (χ1) is 8.76. The van der Waals surface area contributed by atoms with Crippen LogP contribution in [0.1, 0.15) is 31.9 Å². The molecular weight excluding hydrogens is 355 g/mol. The van der Waals surface area contributed by atoms with Gasteiger partial charge in [-0.05, 0) is 73.0 Å². The number of nitrogen functional groups attached to an aromatic ring is 1. The van der Waals surface area contributed by atoms with Crippen LogP contribution < -0.4 is 5.73 Å². The van der Waals surface area contributed by atoms with Gasteiger partial charge in [0.05, 0.1) is 0 Å². The summed E-state index contributed by atoms with van der Waals surface area (Å²) in [7, 11) is 0. The fourth-order valence-corrected chi connectivity index (χ4v) is 2.61. The van der Waals surface area contributed by atoms with E-state index in [1.807, 2.05) is 26.8 Å². The Morgan fingerprint density at radius 3 is 2.68 bits per heavy atom. The number of fused-ring (bicyclic) bond motifs is 1. The fraction of sp³-hybridized carbons (Fsp3) is 0.500. The van der Waals surface area contributed by atoms with E-state index in [1.54, 1.807) is 4.90 Å². The van der Waals surface area contributed by atoms with Gasteiger partial charge in [-0.2, -0.15) is 0 Å². The number of amides is 1. The minimum Gasteiger partial charge on any atom is -0.444 e. The van der Waals surface area contributed by atoms with E-state index in [-0.39, 0.29) is 6.09 Å². The SMILES string of the molecule is CC(C)(C)OC(=O)N1CCc2cc(N)c(I)cc2C1. The monoisotopic (exact) mass is 374 g/mol. The second-order valence-electron chi connectivity index (χ2n) is 5.79. The minimum absolute atomic E-state index is 0.245. The van der Waals surface area contributed by atoms with Gasteiger partial charge in [-0.1, -0.05) is 0 Å². The summed E-state index contributed by atoms with van der Waals surface area (Å²) in [6.45, 7) is 6.92. The molecule has 0 radical (unpaired) electrons. The molecule has 1 amide bonds. The molecule has 5 heteroatoms. The first-order valence-corrected chi connectivity index (χ1v) is 7.39. The number of nitrogens with two attached hydrogens (primary N) is 1. The molecular formula is C14H19IN2O2. The molecule has 4 nitrogen and oxygen atoms in total. The molecule has 0 bridgehead atoms. The first-order valence-electron chi connectivity index (χ1n) is 6.31. The molecule has 1 heterocycles. The molecule has 0 aliphatic carbocycles. The van der Waals surface area contributed by atoms with Crippen LogP contribution in [0.15, 0.2) is 12.1 Å². The number of anilines is 1. The van der Waals surface area contributed by atoms with Gasteiger partial charge in [0.15, 0.2) is 0 Å². The number of rotatable bonds is 0. The smallest absolute Gasteiger partial charge is 0.410 e. The van der Waals surface area contributed by atoms with Crippen molar-refractivity contribution in [3.05, 3.63) is 26.8 Å². The van der Waals surface area contributed by atoms with E-state index in [4.69, 9.17) is 10.5 Å². The highest BCUT2D eigenvalue weighted by molar-refractivity contribution is 14.1. The molecule has 1 aromatic rings. The number of hydrogen-bond acceptors (Lipinski definition) is 3. The van der Waals surface area contributed by atoms with Crippen molar-refractivity contribution in [3.8, 4) is 0 Å². The zero-order valence-corrected chi connectivity index (χ0v) is 13.7. The molecule has 104 valence electrons. The van der Waals surface area contributed by atoms with E-state index in [0.29, 0.717) is 13.1 Å². The standard InChI is InChI=1S/C14H19IN2O2/c1-14(2,3)19-13(18)17-5-4-9-7-12(16)11(15)6-10(9)8-17/h6-7H,4-5,8,16H2,1-3H3. The van der Waals surface area contributed by atoms with Gasteiger partial charge < -0.3 is 15.4 Å². The number of ether oxygens (including phenoxy) is 1. The Balaban J connectivity index is 2.14. The Hall–Kier alpha value is -0.980. The number of halogens is 1. The molecule has 1 aliphatic rings. The van der Waals surface area contributed by atoms with E-state index >= 15 is 0 Å². The van der Waals surface area contributed by atoms with Crippen LogP contribution in [0.2, 0.25) is 0 Å². The molecule has 0 saturated carbocycles. The van der Waals surface area contributed by atoms with Crippen LogP contribution in [0, 0.1) is 3.57 Å². The molecule has 0 unspecified atom stereocenters. The predicted octanol–water partition coefficient (Wildman–Crippen LogP) is 3.17. The lowest BCUT2D eigenvalue weighted by Crippen LogP contribution is -2.39. The summed E-state index contributed by atoms with van der Waals surface area (Å²) in [5, 5.41) is 0. The number of nitrogens with zero attached hydrogens (tertiary/aromatic N) is 1. The van der Waals surface area contributed by atoms with Crippen molar-refractivity contribution in [1.29, 1.82) is 0 Å². The van der Waals surface area contributed by atoms with Crippen molar-refractivity contribution >= 4 is 34.4 Å². The Morgan fingerprint density at radius 2 is 2.05 bits per heavy atom. The second-order valence-corrected chi connectivity index (χ2v) is 6.96. The number of carbonyl (C=O) groups is 1. The van der Waals surface area contributed by atoms with Crippen LogP contribution in [-0.4, -0.2) is 23.1 Å². The second kappa shape index (κ2) is 5.19. The number of benzene rings is 1. The van der Waals surface area contributed by atoms with Gasteiger partial charge in [0.1, 0.15) is 5.60 Å². The zero-order chi connectivity index (χ0) is 14.2. The molecule has 0 spiro atoms. The summed E-state index contributed by atoms with van der Waals surface area (Å²) in [6, 6.07) is 4.07. The molecule has 0 aromatic heterocycles. The average Bonchev–Trinajstić information content (AvgIpc) is 2.27. The van der Waals surface area contributed by atoms with Crippen molar-refractivity contribution in [2.24, 2.45) is 0 Å². The van der Waals surface area contributed by atoms with Crippen LogP contribution in [0.3, 0.4) is 0 Å². The van der Waals surface area contributed by atoms with Crippen molar-refractivity contribution in [2.45, 2.75) is 39.3 Å². The maximum Gasteiger partial charge on any atom is 0.410 e. The lowest BCUT2D eigenvalue weighted by molar-refractivity contribution is 0.0224. The van der Waals surface area contributed by atoms with Crippen molar-refractivity contribution in [1.82, 2.24) is 4.90 Å². The lowest BCUT2D eigenvalue weighted by atomic mass is 9.99. The topological polar surface area (TPSA) is 55.6 Å². The van der Waals surface area contributed by atoms with Crippen LogP contribution in [0.4, 0.5) is 10.5 Å². The van der Waals surface area contributed by atoms with Crippen molar-refractivity contribution in [3.63, 3.8) is 0 Å². The number of carbonyl (C=O) groups excluding carboxylic acids is 1. The van der Waals surface area contributed by atoms with Gasteiger partial charge >= 0.3 is 6.09 Å². The highest BCUT2D eigenvalue weighted by Gasteiger charge is 2.26. The van der Waals surface area contributed by atoms with Crippen LogP contribution >= 0.6 is 22.6 Å². The third-order valence-electron chi connectivity index (χ3n) is 2.98. The maximum absolute atomic E-state index is 12.1. The van der Waals surface area contributed by atoms with E-state index < -0.39 is 5.60 Å². The zero-order valence-electron chi connectivity index (χ0n) is 11.5. The van der Waals surface area contributed by atoms with E-state index in [0.717, 1.165) is 21.2 Å². The third kappa shape index (κ3) is 3.52. The molecule has 1 aromatic carbocycles. The minimum atomic E-state index is -0.451. The van der Waals surface area contributed by atoms with Crippen LogP contribution in [0.5, 0.6) is 0 Å². The third-order valence-corrected chi connectivity index (χ3v) is 3.92. The lowest BCUT2D eigenvalue weighted by Gasteiger charge is -2.31. The van der Waals surface area contributed by atoms with Crippen LogP contribution in [-0.2, 0) is 17.7 Å². The van der Waals surface area contributed by atoms with Crippen molar-refractivity contribution < 1.29 is 9.53 Å². The summed E-state index contributed by atoms with van der Waals surface area (Å²) in [5.41, 5.74) is 8.66. The quantitative estimate of drug-likeness (QED) is 0.561. The Kier molecular flexibility index (Phi) is 3.94. The summed E-state index contributed by atoms with van der Waals surface area (Å²) in [6.07, 6.45) is 0.584. The van der Waals surface area contributed by atoms with E-state index in [1.165, 1.54) is 5.56 Å². The maximum atomic E-state index is 12.1. The Bertz CT molecular complexity index is 509. The van der Waals surface area contributed by atoms with Gasteiger partial charge in [-0.3, -0.25) is 0 Å². The normalized spacial score (nSPS) is 15.1. The van der Waals surface area contributed by atoms with Gasteiger partial charge in [-0.25, -0.2) is 4.79 Å². The molecule has 1 aliphatic heterocycles. The Morgan fingerprint density at radius 1 is 1.37 bits per heavy atom. The van der Waals surface area contributed by atoms with Crippen LogP contribution in [0.25, 0.3) is 0 Å². The summed E-state index contributed by atoms with van der Waals surface area (Å²) in [5.74, 6) is 0. The number of hydrogen-bond donors (Lipinski definition) is 1. The van der Waals surface area contributed by atoms with Gasteiger partial charge in [-0.15, -0.1) is 0 Å². The highest BCUT2D eigenvalue weighted by Crippen LogP contribution is 2.26. The highest BCUT2D eigenvalue weighted by atomic mass is 127. The average molecular weight is 374 g/mol. The van der Waals surface area contributed by atoms with E-state index in [2.05, 4.69) is 28.7 Å². The van der Waals surface area contributed by atoms with Gasteiger partial charge in [0.25, 0.3) is 0 Å². The van der Waals surface area contributed by atoms with Crippen molar-refractivity contribution in [2.75, 3.05) is 12.3 Å². The van der Waals surface area contributed by atoms with E-state index in [9.17, 15) is 4.79 Å². The summed E-state index contributed by atoms with van der Waals surface area (Å²) >= 11 is 2.22. The first kappa shape index (κ1) is 14.4. The summed E-state index contributed by atoms with van der Waals surface area (Å²) < 4.78 is 6.44. The summed E-state index contributed by atoms with van der Waals surface area (Å²) in [4.78, 5) is 13.8. The van der Waals surface area contributed by atoms with Gasteiger partial charge in [0.2, 0.25) is 0 Å². The van der Waals surface area contributed by atoms with Gasteiger partial charge in [0, 0.05) is 22.3 Å². The molecule has 0 fully saturated rings. The molecule has 19 heavy (non-hydrogen) atoms. The fourth-order valence-electron chi connectivity index (χ4n) is 2.08. The Labute approximate surface area is 127 Å². The molecule has 0 saturated heterocycles. The molecule has 2 rings (SSSR count). The molecule has 0 atom stereocenters. The predicted molar refractivity (Wildman–Crippen MR) is 83.9 cm³/mol.